The Kier molecular flexibility index (Phi) is 4.48. The monoisotopic (exact) mass is 238 g/mol. The lowest BCUT2D eigenvalue weighted by Crippen LogP contribution is -2.54. The number of hydrogen-bond acceptors (Lipinski definition) is 2. The summed E-state index contributed by atoms with van der Waals surface area (Å²) in [5, 5.41) is 0. The summed E-state index contributed by atoms with van der Waals surface area (Å²) < 4.78 is 0. The molecule has 0 radical (unpaired) electrons. The molecule has 17 heavy (non-hydrogen) atoms. The minimum atomic E-state index is 0.347. The van der Waals surface area contributed by atoms with Crippen molar-refractivity contribution in [3.8, 4) is 0 Å². The Morgan fingerprint density at radius 2 is 2.00 bits per heavy atom. The second kappa shape index (κ2) is 5.71. The normalized spacial score (nSPS) is 40.4. The van der Waals surface area contributed by atoms with Crippen molar-refractivity contribution in [2.24, 2.45) is 11.7 Å². The molecule has 0 aromatic rings. The van der Waals surface area contributed by atoms with E-state index in [9.17, 15) is 0 Å². The van der Waals surface area contributed by atoms with Crippen LogP contribution in [0.1, 0.15) is 65.2 Å². The van der Waals surface area contributed by atoms with Crippen LogP contribution in [0.5, 0.6) is 0 Å². The molecule has 3 atom stereocenters. The van der Waals surface area contributed by atoms with Gasteiger partial charge in [0.15, 0.2) is 0 Å². The van der Waals surface area contributed by atoms with Crippen molar-refractivity contribution in [2.75, 3.05) is 13.1 Å². The SMILES string of the molecule is CCC1CCCC(CN)(N2CCCC2C)CC1. The molecule has 3 unspecified atom stereocenters. The van der Waals surface area contributed by atoms with E-state index in [1.165, 1.54) is 57.9 Å². The lowest BCUT2D eigenvalue weighted by atomic mass is 9.87. The molecule has 0 amide bonds. The van der Waals surface area contributed by atoms with Gasteiger partial charge < -0.3 is 5.73 Å². The molecular formula is C15H30N2. The van der Waals surface area contributed by atoms with Gasteiger partial charge in [0.2, 0.25) is 0 Å². The highest BCUT2D eigenvalue weighted by molar-refractivity contribution is 4.98. The van der Waals surface area contributed by atoms with Gasteiger partial charge in [0.25, 0.3) is 0 Å². The Balaban J connectivity index is 2.07. The van der Waals surface area contributed by atoms with Crippen LogP contribution >= 0.6 is 0 Å². The minimum Gasteiger partial charge on any atom is -0.329 e. The molecule has 2 N–H and O–H groups in total. The first-order valence-electron chi connectivity index (χ1n) is 7.68. The zero-order valence-electron chi connectivity index (χ0n) is 11.8. The van der Waals surface area contributed by atoms with Crippen LogP contribution in [0.25, 0.3) is 0 Å². The minimum absolute atomic E-state index is 0.347. The maximum absolute atomic E-state index is 6.19. The molecule has 0 spiro atoms. The van der Waals surface area contributed by atoms with Crippen LogP contribution in [0, 0.1) is 5.92 Å². The molecule has 0 aromatic heterocycles. The van der Waals surface area contributed by atoms with Crippen LogP contribution in [-0.2, 0) is 0 Å². The first-order valence-corrected chi connectivity index (χ1v) is 7.68. The zero-order valence-corrected chi connectivity index (χ0v) is 11.8. The summed E-state index contributed by atoms with van der Waals surface area (Å²) in [5.74, 6) is 0.960. The van der Waals surface area contributed by atoms with Crippen LogP contribution < -0.4 is 5.73 Å². The summed E-state index contributed by atoms with van der Waals surface area (Å²) in [6.45, 7) is 6.90. The van der Waals surface area contributed by atoms with E-state index < -0.39 is 0 Å². The maximum Gasteiger partial charge on any atom is 0.0334 e. The summed E-state index contributed by atoms with van der Waals surface area (Å²) in [5.41, 5.74) is 6.54. The second-order valence-corrected chi connectivity index (χ2v) is 6.32. The van der Waals surface area contributed by atoms with E-state index in [0.29, 0.717) is 5.54 Å². The molecular weight excluding hydrogens is 208 g/mol. The van der Waals surface area contributed by atoms with Crippen molar-refractivity contribution >= 4 is 0 Å². The van der Waals surface area contributed by atoms with Gasteiger partial charge in [-0.25, -0.2) is 0 Å². The Morgan fingerprint density at radius 1 is 1.18 bits per heavy atom. The van der Waals surface area contributed by atoms with Crippen molar-refractivity contribution in [2.45, 2.75) is 76.8 Å². The van der Waals surface area contributed by atoms with Crippen molar-refractivity contribution in [3.63, 3.8) is 0 Å². The third-order valence-corrected chi connectivity index (χ3v) is 5.39. The number of likely N-dealkylation sites (tertiary alicyclic amines) is 1. The highest BCUT2D eigenvalue weighted by atomic mass is 15.2. The smallest absolute Gasteiger partial charge is 0.0334 e. The molecule has 2 aliphatic rings. The average Bonchev–Trinajstić information content (AvgIpc) is 2.67. The van der Waals surface area contributed by atoms with Gasteiger partial charge >= 0.3 is 0 Å². The predicted octanol–water partition coefficient (Wildman–Crippen LogP) is 3.16. The number of rotatable bonds is 3. The number of nitrogens with zero attached hydrogens (tertiary/aromatic N) is 1. The molecule has 1 aliphatic carbocycles. The molecule has 0 bridgehead atoms. The van der Waals surface area contributed by atoms with Crippen LogP contribution in [0.2, 0.25) is 0 Å². The molecule has 0 aromatic carbocycles. The molecule has 2 heteroatoms. The van der Waals surface area contributed by atoms with Gasteiger partial charge in [0.05, 0.1) is 0 Å². The summed E-state index contributed by atoms with van der Waals surface area (Å²) >= 11 is 0. The maximum atomic E-state index is 6.19. The van der Waals surface area contributed by atoms with E-state index >= 15 is 0 Å². The highest BCUT2D eigenvalue weighted by Crippen LogP contribution is 2.38. The first kappa shape index (κ1) is 13.4. The van der Waals surface area contributed by atoms with Crippen LogP contribution in [0.3, 0.4) is 0 Å². The first-order chi connectivity index (χ1) is 8.22. The number of nitrogens with two attached hydrogens (primary N) is 1. The molecule has 1 saturated carbocycles. The van der Waals surface area contributed by atoms with Crippen molar-refractivity contribution in [1.82, 2.24) is 4.90 Å². The van der Waals surface area contributed by atoms with E-state index in [0.717, 1.165) is 18.5 Å². The molecule has 2 nitrogen and oxygen atoms in total. The third kappa shape index (κ3) is 2.68. The quantitative estimate of drug-likeness (QED) is 0.765. The average molecular weight is 238 g/mol. The van der Waals surface area contributed by atoms with Crippen LogP contribution in [0.4, 0.5) is 0 Å². The van der Waals surface area contributed by atoms with Gasteiger partial charge in [0, 0.05) is 18.1 Å². The Labute approximate surface area is 107 Å². The van der Waals surface area contributed by atoms with E-state index in [1.807, 2.05) is 0 Å². The largest absolute Gasteiger partial charge is 0.329 e. The van der Waals surface area contributed by atoms with Crippen molar-refractivity contribution in [1.29, 1.82) is 0 Å². The van der Waals surface area contributed by atoms with Gasteiger partial charge in [-0.15, -0.1) is 0 Å². The van der Waals surface area contributed by atoms with E-state index in [1.54, 1.807) is 0 Å². The molecule has 1 saturated heterocycles. The molecule has 2 fully saturated rings. The molecule has 1 heterocycles. The van der Waals surface area contributed by atoms with Crippen molar-refractivity contribution < 1.29 is 0 Å². The zero-order chi connectivity index (χ0) is 12.3. The van der Waals surface area contributed by atoms with E-state index in [4.69, 9.17) is 5.73 Å². The Bertz CT molecular complexity index is 241. The topological polar surface area (TPSA) is 29.3 Å². The lowest BCUT2D eigenvalue weighted by Gasteiger charge is -2.43. The van der Waals surface area contributed by atoms with E-state index in [2.05, 4.69) is 18.7 Å². The van der Waals surface area contributed by atoms with Crippen LogP contribution in [0.15, 0.2) is 0 Å². The van der Waals surface area contributed by atoms with Gasteiger partial charge in [0.1, 0.15) is 0 Å². The fourth-order valence-electron chi connectivity index (χ4n) is 4.12. The predicted molar refractivity (Wildman–Crippen MR) is 74.1 cm³/mol. The summed E-state index contributed by atoms with van der Waals surface area (Å²) in [6.07, 6.45) is 11.0. The van der Waals surface area contributed by atoms with E-state index in [-0.39, 0.29) is 0 Å². The summed E-state index contributed by atoms with van der Waals surface area (Å²) in [4.78, 5) is 2.76. The highest BCUT2D eigenvalue weighted by Gasteiger charge is 2.40. The van der Waals surface area contributed by atoms with Gasteiger partial charge in [-0.2, -0.15) is 0 Å². The number of hydrogen-bond donors (Lipinski definition) is 1. The van der Waals surface area contributed by atoms with Crippen LogP contribution in [-0.4, -0.2) is 29.6 Å². The second-order valence-electron chi connectivity index (χ2n) is 6.32. The summed E-state index contributed by atoms with van der Waals surface area (Å²) in [7, 11) is 0. The van der Waals surface area contributed by atoms with Crippen molar-refractivity contribution in [3.05, 3.63) is 0 Å². The fourth-order valence-corrected chi connectivity index (χ4v) is 4.12. The molecule has 100 valence electrons. The molecule has 1 aliphatic heterocycles. The Hall–Kier alpha value is -0.0800. The summed E-state index contributed by atoms with van der Waals surface area (Å²) in [6, 6.07) is 0.761. The molecule has 2 rings (SSSR count). The lowest BCUT2D eigenvalue weighted by molar-refractivity contribution is 0.0707. The standard InChI is InChI=1S/C15H30N2/c1-3-14-7-4-9-15(12-16,10-8-14)17-11-5-6-13(17)2/h13-14H,3-12,16H2,1-2H3. The fraction of sp³-hybridized carbons (Fsp3) is 1.00. The Morgan fingerprint density at radius 3 is 2.59 bits per heavy atom. The van der Waals surface area contributed by atoms with Gasteiger partial charge in [-0.05, 0) is 51.5 Å². The third-order valence-electron chi connectivity index (χ3n) is 5.39. The van der Waals surface area contributed by atoms with Gasteiger partial charge in [-0.1, -0.05) is 26.2 Å². The van der Waals surface area contributed by atoms with Gasteiger partial charge in [-0.3, -0.25) is 4.90 Å².